The maximum atomic E-state index is 12.4. The molecule has 2 N–H and O–H groups in total. The number of benzene rings is 1. The van der Waals surface area contributed by atoms with Crippen LogP contribution in [0, 0.1) is 0 Å². The third-order valence-electron chi connectivity index (χ3n) is 4.06. The van der Waals surface area contributed by atoms with E-state index in [4.69, 9.17) is 0 Å². The summed E-state index contributed by atoms with van der Waals surface area (Å²) in [6.45, 7) is 4.57. The molecular formula is C18H29Cl2N5O. The Morgan fingerprint density at radius 2 is 2.00 bits per heavy atom. The van der Waals surface area contributed by atoms with E-state index in [-0.39, 0.29) is 30.7 Å². The summed E-state index contributed by atoms with van der Waals surface area (Å²) in [6, 6.07) is 7.94. The van der Waals surface area contributed by atoms with E-state index in [1.54, 1.807) is 17.9 Å². The zero-order chi connectivity index (χ0) is 17.5. The summed E-state index contributed by atoms with van der Waals surface area (Å²) in [7, 11) is 5.71. The second kappa shape index (κ2) is 11.9. The number of halogens is 2. The predicted molar refractivity (Wildman–Crippen MR) is 110 cm³/mol. The number of likely N-dealkylation sites (N-methyl/N-ethyl adjacent to an activating group) is 1. The molecule has 26 heavy (non-hydrogen) atoms. The van der Waals surface area contributed by atoms with Crippen LogP contribution in [-0.4, -0.2) is 41.2 Å². The minimum Gasteiger partial charge on any atom is -0.350 e. The Labute approximate surface area is 168 Å². The maximum Gasteiger partial charge on any atom is 0.242 e. The fourth-order valence-electron chi connectivity index (χ4n) is 2.59. The van der Waals surface area contributed by atoms with Gasteiger partial charge in [-0.15, -0.1) is 24.8 Å². The van der Waals surface area contributed by atoms with Gasteiger partial charge in [0.15, 0.2) is 0 Å². The monoisotopic (exact) mass is 401 g/mol. The first-order valence-corrected chi connectivity index (χ1v) is 8.23. The van der Waals surface area contributed by atoms with Crippen LogP contribution in [0.15, 0.2) is 36.7 Å². The van der Waals surface area contributed by atoms with Gasteiger partial charge >= 0.3 is 0 Å². The summed E-state index contributed by atoms with van der Waals surface area (Å²) in [5.74, 6) is -0.0541. The van der Waals surface area contributed by atoms with Crippen LogP contribution in [0.4, 0.5) is 0 Å². The molecule has 0 aliphatic heterocycles. The van der Waals surface area contributed by atoms with Gasteiger partial charge in [-0.05, 0) is 31.8 Å². The lowest BCUT2D eigenvalue weighted by molar-refractivity contribution is -0.123. The fraction of sp³-hybridized carbons (Fsp3) is 0.444. The molecule has 0 saturated carbocycles. The van der Waals surface area contributed by atoms with E-state index in [0.717, 1.165) is 24.2 Å². The molecule has 8 heteroatoms. The molecule has 0 bridgehead atoms. The number of amides is 1. The van der Waals surface area contributed by atoms with E-state index in [0.29, 0.717) is 6.54 Å². The van der Waals surface area contributed by atoms with E-state index in [2.05, 4.69) is 46.7 Å². The Morgan fingerprint density at radius 3 is 2.58 bits per heavy atom. The van der Waals surface area contributed by atoms with Crippen LogP contribution >= 0.6 is 24.8 Å². The Balaban J connectivity index is 0.00000312. The highest BCUT2D eigenvalue weighted by molar-refractivity contribution is 5.85. The van der Waals surface area contributed by atoms with Gasteiger partial charge in [-0.3, -0.25) is 9.48 Å². The maximum absolute atomic E-state index is 12.4. The molecule has 1 aromatic heterocycles. The molecule has 1 amide bonds. The van der Waals surface area contributed by atoms with Gasteiger partial charge in [0.2, 0.25) is 5.91 Å². The molecule has 1 heterocycles. The van der Waals surface area contributed by atoms with E-state index < -0.39 is 6.04 Å². The average Bonchev–Trinajstić information content (AvgIpc) is 3.00. The predicted octanol–water partition coefficient (Wildman–Crippen LogP) is 2.29. The van der Waals surface area contributed by atoms with Crippen molar-refractivity contribution in [2.75, 3.05) is 20.6 Å². The van der Waals surface area contributed by atoms with Crippen molar-refractivity contribution in [3.63, 3.8) is 0 Å². The topological polar surface area (TPSA) is 62.2 Å². The fourth-order valence-corrected chi connectivity index (χ4v) is 2.59. The molecule has 0 fully saturated rings. The highest BCUT2D eigenvalue weighted by atomic mass is 35.5. The highest BCUT2D eigenvalue weighted by Gasteiger charge is 2.19. The van der Waals surface area contributed by atoms with Crippen LogP contribution in [0.3, 0.4) is 0 Å². The molecule has 0 aliphatic carbocycles. The first-order valence-electron chi connectivity index (χ1n) is 8.23. The summed E-state index contributed by atoms with van der Waals surface area (Å²) in [6.07, 6.45) is 3.56. The van der Waals surface area contributed by atoms with Crippen molar-refractivity contribution in [1.82, 2.24) is 25.3 Å². The molecule has 1 unspecified atom stereocenters. The van der Waals surface area contributed by atoms with Gasteiger partial charge in [-0.25, -0.2) is 0 Å². The third-order valence-corrected chi connectivity index (χ3v) is 4.06. The van der Waals surface area contributed by atoms with Crippen molar-refractivity contribution in [2.24, 2.45) is 7.05 Å². The number of nitrogens with zero attached hydrogens (tertiary/aromatic N) is 3. The van der Waals surface area contributed by atoms with Gasteiger partial charge < -0.3 is 15.5 Å². The Kier molecular flexibility index (Phi) is 11.2. The zero-order valence-corrected chi connectivity index (χ0v) is 17.4. The normalized spacial score (nSPS) is 11.4. The first kappa shape index (κ1) is 24.4. The summed E-state index contributed by atoms with van der Waals surface area (Å²) in [5, 5.41) is 10.2. The van der Waals surface area contributed by atoms with Crippen molar-refractivity contribution < 1.29 is 4.79 Å². The van der Waals surface area contributed by atoms with Crippen LogP contribution in [0.25, 0.3) is 0 Å². The lowest BCUT2D eigenvalue weighted by Gasteiger charge is -2.16. The van der Waals surface area contributed by atoms with E-state index in [1.807, 2.05) is 25.4 Å². The molecule has 0 spiro atoms. The van der Waals surface area contributed by atoms with Gasteiger partial charge in [-0.2, -0.15) is 5.10 Å². The first-order chi connectivity index (χ1) is 11.5. The zero-order valence-electron chi connectivity index (χ0n) is 15.7. The molecule has 0 aliphatic rings. The largest absolute Gasteiger partial charge is 0.350 e. The van der Waals surface area contributed by atoms with Gasteiger partial charge in [0, 0.05) is 31.9 Å². The Bertz CT molecular complexity index is 677. The third kappa shape index (κ3) is 6.96. The van der Waals surface area contributed by atoms with E-state index in [9.17, 15) is 4.79 Å². The summed E-state index contributed by atoms with van der Waals surface area (Å²) >= 11 is 0. The number of aromatic nitrogens is 2. The highest BCUT2D eigenvalue weighted by Crippen LogP contribution is 2.12. The molecule has 6 nitrogen and oxygen atoms in total. The smallest absolute Gasteiger partial charge is 0.242 e. The summed E-state index contributed by atoms with van der Waals surface area (Å²) in [5.41, 5.74) is 3.21. The minimum absolute atomic E-state index is 0. The number of carbonyl (C=O) groups is 1. The second-order valence-corrected chi connectivity index (χ2v) is 6.04. The van der Waals surface area contributed by atoms with Crippen molar-refractivity contribution in [2.45, 2.75) is 26.1 Å². The number of rotatable bonds is 8. The van der Waals surface area contributed by atoms with Crippen molar-refractivity contribution >= 4 is 30.7 Å². The molecule has 146 valence electrons. The molecule has 1 atom stereocenters. The lowest BCUT2D eigenvalue weighted by atomic mass is 10.1. The van der Waals surface area contributed by atoms with Crippen molar-refractivity contribution in [3.05, 3.63) is 53.3 Å². The molecule has 1 aromatic carbocycles. The van der Waals surface area contributed by atoms with Gasteiger partial charge in [0.25, 0.3) is 0 Å². The molecule has 2 rings (SSSR count). The molecule has 0 saturated heterocycles. The number of hydrogen-bond acceptors (Lipinski definition) is 4. The standard InChI is InChI=1S/C18H27N5O.2ClH/c1-5-22(3)12-15-8-6-7-14(9-15)10-20-18(24)17(19-2)16-11-21-23(4)13-16;;/h6-9,11,13,17,19H,5,10,12H2,1-4H3,(H,20,24);2*1H. The minimum atomic E-state index is -0.395. The lowest BCUT2D eigenvalue weighted by Crippen LogP contribution is -2.35. The van der Waals surface area contributed by atoms with Crippen LogP contribution in [0.5, 0.6) is 0 Å². The molecular weight excluding hydrogens is 373 g/mol. The quantitative estimate of drug-likeness (QED) is 0.712. The SMILES string of the molecule is CCN(C)Cc1cccc(CNC(=O)C(NC)c2cnn(C)c2)c1.Cl.Cl. The van der Waals surface area contributed by atoms with Crippen LogP contribution in [0.2, 0.25) is 0 Å². The van der Waals surface area contributed by atoms with Gasteiger partial charge in [-0.1, -0.05) is 31.2 Å². The molecule has 0 radical (unpaired) electrons. The van der Waals surface area contributed by atoms with E-state index in [1.165, 1.54) is 5.56 Å². The summed E-state index contributed by atoms with van der Waals surface area (Å²) < 4.78 is 1.70. The van der Waals surface area contributed by atoms with Crippen molar-refractivity contribution in [3.8, 4) is 0 Å². The van der Waals surface area contributed by atoms with Gasteiger partial charge in [0.05, 0.1) is 6.20 Å². The number of nitrogens with one attached hydrogen (secondary N) is 2. The van der Waals surface area contributed by atoms with Crippen LogP contribution in [-0.2, 0) is 24.9 Å². The van der Waals surface area contributed by atoms with Crippen molar-refractivity contribution in [1.29, 1.82) is 0 Å². The van der Waals surface area contributed by atoms with Crippen LogP contribution in [0.1, 0.15) is 29.7 Å². The number of aryl methyl sites for hydroxylation is 1. The second-order valence-electron chi connectivity index (χ2n) is 6.04. The average molecular weight is 402 g/mol. The Morgan fingerprint density at radius 1 is 1.31 bits per heavy atom. The van der Waals surface area contributed by atoms with E-state index >= 15 is 0 Å². The summed E-state index contributed by atoms with van der Waals surface area (Å²) in [4.78, 5) is 14.7. The Hall–Kier alpha value is -1.60. The van der Waals surface area contributed by atoms with Crippen LogP contribution < -0.4 is 10.6 Å². The number of hydrogen-bond donors (Lipinski definition) is 2. The molecule has 2 aromatic rings. The van der Waals surface area contributed by atoms with Gasteiger partial charge in [0.1, 0.15) is 6.04 Å². The number of carbonyl (C=O) groups excluding carboxylic acids is 1.